The number of carbonyl (C=O) groups is 1. The Morgan fingerprint density at radius 2 is 1.82 bits per heavy atom. The molecule has 6 nitrogen and oxygen atoms in total. The fraction of sp³-hybridized carbons (Fsp3) is 0.350. The fourth-order valence-corrected chi connectivity index (χ4v) is 3.81. The van der Waals surface area contributed by atoms with Crippen molar-refractivity contribution in [2.75, 3.05) is 24.9 Å². The van der Waals surface area contributed by atoms with Crippen LogP contribution in [0.3, 0.4) is 0 Å². The van der Waals surface area contributed by atoms with Crippen molar-refractivity contribution >= 4 is 21.6 Å². The third kappa shape index (κ3) is 5.22. The lowest BCUT2D eigenvalue weighted by molar-refractivity contribution is 0.0762. The van der Waals surface area contributed by atoms with Gasteiger partial charge in [0.2, 0.25) is 0 Å². The highest BCUT2D eigenvalue weighted by molar-refractivity contribution is 7.92. The standard InChI is InChI=1S/C20H25FN2O4S/c1-4-6-13-23(5-2)20(24)15-7-12-18(21)19(14-15)28(25,26)22-16-8-10-17(27-3)11-9-16/h7-12,14,22H,4-6,13H2,1-3H3. The molecule has 2 aromatic rings. The van der Waals surface area contributed by atoms with Gasteiger partial charge in [0.1, 0.15) is 16.5 Å². The first kappa shape index (κ1) is 21.7. The Morgan fingerprint density at radius 1 is 1.14 bits per heavy atom. The predicted octanol–water partition coefficient (Wildman–Crippen LogP) is 3.90. The Hall–Kier alpha value is -2.61. The second-order valence-corrected chi connectivity index (χ2v) is 7.87. The summed E-state index contributed by atoms with van der Waals surface area (Å²) in [6.07, 6.45) is 1.77. The number of rotatable bonds is 9. The maximum absolute atomic E-state index is 14.3. The quantitative estimate of drug-likeness (QED) is 0.683. The first-order valence-electron chi connectivity index (χ1n) is 9.08. The van der Waals surface area contributed by atoms with Gasteiger partial charge >= 0.3 is 0 Å². The molecule has 152 valence electrons. The number of halogens is 1. The van der Waals surface area contributed by atoms with Gasteiger partial charge in [0.15, 0.2) is 0 Å². The molecule has 0 aromatic heterocycles. The highest BCUT2D eigenvalue weighted by Gasteiger charge is 2.23. The van der Waals surface area contributed by atoms with Gasteiger partial charge < -0.3 is 9.64 Å². The van der Waals surface area contributed by atoms with E-state index in [4.69, 9.17) is 4.74 Å². The van der Waals surface area contributed by atoms with Gasteiger partial charge in [-0.3, -0.25) is 9.52 Å². The molecule has 28 heavy (non-hydrogen) atoms. The van der Waals surface area contributed by atoms with Crippen LogP contribution < -0.4 is 9.46 Å². The van der Waals surface area contributed by atoms with Crippen LogP contribution in [0.4, 0.5) is 10.1 Å². The lowest BCUT2D eigenvalue weighted by atomic mass is 10.2. The van der Waals surface area contributed by atoms with E-state index in [2.05, 4.69) is 4.72 Å². The van der Waals surface area contributed by atoms with Crippen molar-refractivity contribution in [2.24, 2.45) is 0 Å². The SMILES string of the molecule is CCCCN(CC)C(=O)c1ccc(F)c(S(=O)(=O)Nc2ccc(OC)cc2)c1. The number of amides is 1. The number of carbonyl (C=O) groups excluding carboxylic acids is 1. The lowest BCUT2D eigenvalue weighted by Crippen LogP contribution is -2.32. The Kier molecular flexibility index (Phi) is 7.39. The summed E-state index contributed by atoms with van der Waals surface area (Å²) < 4.78 is 46.9. The molecule has 0 aliphatic carbocycles. The van der Waals surface area contributed by atoms with Crippen molar-refractivity contribution in [1.82, 2.24) is 4.90 Å². The molecule has 0 spiro atoms. The summed E-state index contributed by atoms with van der Waals surface area (Å²) in [5, 5.41) is 0. The van der Waals surface area contributed by atoms with Crippen molar-refractivity contribution in [2.45, 2.75) is 31.6 Å². The molecule has 0 radical (unpaired) electrons. The van der Waals surface area contributed by atoms with Gasteiger partial charge in [-0.2, -0.15) is 0 Å². The summed E-state index contributed by atoms with van der Waals surface area (Å²) in [5.41, 5.74) is 0.393. The average molecular weight is 408 g/mol. The number of unbranched alkanes of at least 4 members (excludes halogenated alkanes) is 1. The van der Waals surface area contributed by atoms with Gasteiger partial charge in [-0.05, 0) is 55.8 Å². The van der Waals surface area contributed by atoms with Crippen LogP contribution in [0.2, 0.25) is 0 Å². The Bertz CT molecular complexity index is 914. The normalized spacial score (nSPS) is 11.1. The van der Waals surface area contributed by atoms with E-state index in [-0.39, 0.29) is 17.2 Å². The van der Waals surface area contributed by atoms with Crippen LogP contribution in [-0.2, 0) is 10.0 Å². The summed E-state index contributed by atoms with van der Waals surface area (Å²) in [7, 11) is -2.71. The number of methoxy groups -OCH3 is 1. The molecule has 0 unspecified atom stereocenters. The molecule has 2 aromatic carbocycles. The smallest absolute Gasteiger partial charge is 0.264 e. The van der Waals surface area contributed by atoms with E-state index in [1.165, 1.54) is 25.3 Å². The van der Waals surface area contributed by atoms with E-state index in [9.17, 15) is 17.6 Å². The molecule has 0 bridgehead atoms. The summed E-state index contributed by atoms with van der Waals surface area (Å²) in [5.74, 6) is -0.681. The number of benzene rings is 2. The van der Waals surface area contributed by atoms with Crippen molar-refractivity contribution < 1.29 is 22.3 Å². The van der Waals surface area contributed by atoms with E-state index in [0.29, 0.717) is 18.8 Å². The minimum absolute atomic E-state index is 0.134. The second kappa shape index (κ2) is 9.54. The van der Waals surface area contributed by atoms with Gasteiger partial charge in [-0.15, -0.1) is 0 Å². The number of nitrogens with one attached hydrogen (secondary N) is 1. The molecule has 0 fully saturated rings. The van der Waals surface area contributed by atoms with Gasteiger partial charge in [0.05, 0.1) is 7.11 Å². The summed E-state index contributed by atoms with van der Waals surface area (Å²) in [6, 6.07) is 9.57. The molecule has 2 rings (SSSR count). The first-order valence-corrected chi connectivity index (χ1v) is 10.6. The molecule has 0 aliphatic rings. The summed E-state index contributed by atoms with van der Waals surface area (Å²) in [4.78, 5) is 13.7. The highest BCUT2D eigenvalue weighted by atomic mass is 32.2. The van der Waals surface area contributed by atoms with Crippen molar-refractivity contribution in [3.05, 3.63) is 53.8 Å². The maximum atomic E-state index is 14.3. The van der Waals surface area contributed by atoms with Crippen LogP contribution in [0.5, 0.6) is 5.75 Å². The zero-order chi connectivity index (χ0) is 20.7. The second-order valence-electron chi connectivity index (χ2n) is 6.22. The molecular formula is C20H25FN2O4S. The van der Waals surface area contributed by atoms with Crippen LogP contribution in [0.1, 0.15) is 37.0 Å². The molecule has 1 N–H and O–H groups in total. The van der Waals surface area contributed by atoms with Crippen LogP contribution in [-0.4, -0.2) is 39.4 Å². The van der Waals surface area contributed by atoms with Crippen LogP contribution >= 0.6 is 0 Å². The predicted molar refractivity (Wildman–Crippen MR) is 107 cm³/mol. The van der Waals surface area contributed by atoms with E-state index in [1.807, 2.05) is 13.8 Å². The van der Waals surface area contributed by atoms with E-state index in [1.54, 1.807) is 17.0 Å². The molecule has 0 atom stereocenters. The molecule has 0 aliphatic heterocycles. The zero-order valence-electron chi connectivity index (χ0n) is 16.2. The summed E-state index contributed by atoms with van der Waals surface area (Å²) in [6.45, 7) is 4.92. The number of hydrogen-bond donors (Lipinski definition) is 1. The molecule has 0 saturated heterocycles. The molecule has 0 heterocycles. The van der Waals surface area contributed by atoms with Crippen LogP contribution in [0.25, 0.3) is 0 Å². The number of hydrogen-bond acceptors (Lipinski definition) is 4. The summed E-state index contributed by atoms with van der Waals surface area (Å²) >= 11 is 0. The molecule has 1 amide bonds. The Labute approximate surface area is 165 Å². The van der Waals surface area contributed by atoms with E-state index in [0.717, 1.165) is 25.0 Å². The van der Waals surface area contributed by atoms with Crippen LogP contribution in [0, 0.1) is 5.82 Å². The topological polar surface area (TPSA) is 75.7 Å². The first-order chi connectivity index (χ1) is 13.3. The molecule has 0 saturated carbocycles. The third-order valence-electron chi connectivity index (χ3n) is 4.26. The van der Waals surface area contributed by atoms with Crippen molar-refractivity contribution in [3.63, 3.8) is 0 Å². The van der Waals surface area contributed by atoms with Gasteiger partial charge in [-0.25, -0.2) is 12.8 Å². The van der Waals surface area contributed by atoms with E-state index >= 15 is 0 Å². The number of sulfonamides is 1. The number of ether oxygens (including phenoxy) is 1. The van der Waals surface area contributed by atoms with Gasteiger partial charge in [0.25, 0.3) is 15.9 Å². The van der Waals surface area contributed by atoms with E-state index < -0.39 is 20.7 Å². The number of anilines is 1. The maximum Gasteiger partial charge on any atom is 0.264 e. The Balaban J connectivity index is 2.31. The van der Waals surface area contributed by atoms with Gasteiger partial charge in [-0.1, -0.05) is 13.3 Å². The minimum Gasteiger partial charge on any atom is -0.497 e. The highest BCUT2D eigenvalue weighted by Crippen LogP contribution is 2.22. The minimum atomic E-state index is -4.21. The Morgan fingerprint density at radius 3 is 2.39 bits per heavy atom. The van der Waals surface area contributed by atoms with Crippen molar-refractivity contribution in [1.29, 1.82) is 0 Å². The van der Waals surface area contributed by atoms with Gasteiger partial charge in [0, 0.05) is 24.3 Å². The van der Waals surface area contributed by atoms with Crippen LogP contribution in [0.15, 0.2) is 47.4 Å². The zero-order valence-corrected chi connectivity index (χ0v) is 17.1. The van der Waals surface area contributed by atoms with Crippen molar-refractivity contribution in [3.8, 4) is 5.75 Å². The fourth-order valence-electron chi connectivity index (χ4n) is 2.65. The monoisotopic (exact) mass is 408 g/mol. The third-order valence-corrected chi connectivity index (χ3v) is 5.66. The average Bonchev–Trinajstić information content (AvgIpc) is 2.69. The largest absolute Gasteiger partial charge is 0.497 e. The number of nitrogens with zero attached hydrogens (tertiary/aromatic N) is 1. The molecule has 8 heteroatoms. The lowest BCUT2D eigenvalue weighted by Gasteiger charge is -2.21. The molecular weight excluding hydrogens is 383 g/mol.